The Hall–Kier alpha value is -1.98. The molecule has 0 saturated carbocycles. The SMILES string of the molecule is COC(=O)C=NNc1cc(F)ccc1F. The number of hydrogen-bond donors (Lipinski definition) is 1. The lowest BCUT2D eigenvalue weighted by atomic mass is 10.3. The molecule has 0 amide bonds. The van der Waals surface area contributed by atoms with Gasteiger partial charge in [-0.05, 0) is 12.1 Å². The van der Waals surface area contributed by atoms with Crippen LogP contribution < -0.4 is 5.43 Å². The maximum absolute atomic E-state index is 13.0. The largest absolute Gasteiger partial charge is 0.465 e. The number of ether oxygens (including phenoxy) is 1. The maximum Gasteiger partial charge on any atom is 0.350 e. The number of benzene rings is 1. The molecule has 0 radical (unpaired) electrons. The maximum atomic E-state index is 13.0. The summed E-state index contributed by atoms with van der Waals surface area (Å²) in [6.45, 7) is 0. The molecule has 80 valence electrons. The van der Waals surface area contributed by atoms with Gasteiger partial charge in [-0.25, -0.2) is 13.6 Å². The molecule has 0 heterocycles. The minimum atomic E-state index is -0.695. The number of rotatable bonds is 3. The van der Waals surface area contributed by atoms with E-state index in [4.69, 9.17) is 0 Å². The number of halogens is 2. The molecule has 0 bridgehead atoms. The minimum Gasteiger partial charge on any atom is -0.465 e. The van der Waals surface area contributed by atoms with Crippen LogP contribution in [0.5, 0.6) is 0 Å². The third kappa shape index (κ3) is 3.34. The quantitative estimate of drug-likeness (QED) is 0.471. The summed E-state index contributed by atoms with van der Waals surface area (Å²) in [5, 5.41) is 3.36. The van der Waals surface area contributed by atoms with Gasteiger partial charge in [0.25, 0.3) is 0 Å². The molecule has 0 aromatic heterocycles. The summed E-state index contributed by atoms with van der Waals surface area (Å²) in [6, 6.07) is 2.85. The van der Waals surface area contributed by atoms with E-state index in [0.717, 1.165) is 24.4 Å². The summed E-state index contributed by atoms with van der Waals surface area (Å²) in [4.78, 5) is 10.6. The topological polar surface area (TPSA) is 50.7 Å². The summed E-state index contributed by atoms with van der Waals surface area (Å²) < 4.78 is 29.9. The average molecular weight is 214 g/mol. The Morgan fingerprint density at radius 2 is 2.27 bits per heavy atom. The Morgan fingerprint density at radius 1 is 1.53 bits per heavy atom. The summed E-state index contributed by atoms with van der Waals surface area (Å²) in [5.74, 6) is -1.97. The Morgan fingerprint density at radius 3 is 2.93 bits per heavy atom. The predicted molar refractivity (Wildman–Crippen MR) is 50.5 cm³/mol. The molecule has 6 heteroatoms. The normalized spacial score (nSPS) is 10.3. The van der Waals surface area contributed by atoms with Crippen molar-refractivity contribution in [1.29, 1.82) is 0 Å². The zero-order valence-corrected chi connectivity index (χ0v) is 7.83. The van der Waals surface area contributed by atoms with E-state index in [2.05, 4.69) is 15.3 Å². The molecule has 0 aliphatic carbocycles. The highest BCUT2D eigenvalue weighted by Gasteiger charge is 2.02. The van der Waals surface area contributed by atoms with Crippen molar-refractivity contribution in [1.82, 2.24) is 0 Å². The number of esters is 1. The summed E-state index contributed by atoms with van der Waals surface area (Å²) in [6.07, 6.45) is 0.810. The van der Waals surface area contributed by atoms with Gasteiger partial charge in [0.05, 0.1) is 12.8 Å². The van der Waals surface area contributed by atoms with Crippen LogP contribution in [0, 0.1) is 11.6 Å². The highest BCUT2D eigenvalue weighted by molar-refractivity contribution is 6.23. The number of methoxy groups -OCH3 is 1. The smallest absolute Gasteiger partial charge is 0.350 e. The van der Waals surface area contributed by atoms with Gasteiger partial charge in [-0.3, -0.25) is 5.43 Å². The third-order valence-electron chi connectivity index (χ3n) is 1.48. The van der Waals surface area contributed by atoms with Crippen LogP contribution >= 0.6 is 0 Å². The lowest BCUT2D eigenvalue weighted by Gasteiger charge is -2.01. The second-order valence-electron chi connectivity index (χ2n) is 2.52. The fourth-order valence-electron chi connectivity index (χ4n) is 0.790. The number of nitrogens with zero attached hydrogens (tertiary/aromatic N) is 1. The zero-order valence-electron chi connectivity index (χ0n) is 7.83. The van der Waals surface area contributed by atoms with Crippen LogP contribution in [0.15, 0.2) is 23.3 Å². The van der Waals surface area contributed by atoms with Crippen molar-refractivity contribution in [3.05, 3.63) is 29.8 Å². The highest BCUT2D eigenvalue weighted by Crippen LogP contribution is 2.14. The van der Waals surface area contributed by atoms with Gasteiger partial charge in [-0.2, -0.15) is 5.10 Å². The third-order valence-corrected chi connectivity index (χ3v) is 1.48. The van der Waals surface area contributed by atoms with E-state index in [0.29, 0.717) is 0 Å². The summed E-state index contributed by atoms with van der Waals surface area (Å²) in [5.41, 5.74) is 2.02. The number of carbonyl (C=O) groups is 1. The second-order valence-corrected chi connectivity index (χ2v) is 2.52. The van der Waals surface area contributed by atoms with Crippen molar-refractivity contribution in [2.75, 3.05) is 12.5 Å². The first kappa shape index (κ1) is 11.1. The van der Waals surface area contributed by atoms with Gasteiger partial charge in [-0.1, -0.05) is 0 Å². The van der Waals surface area contributed by atoms with E-state index in [1.165, 1.54) is 7.11 Å². The van der Waals surface area contributed by atoms with Crippen LogP contribution in [0.3, 0.4) is 0 Å². The molecule has 4 nitrogen and oxygen atoms in total. The highest BCUT2D eigenvalue weighted by atomic mass is 19.1. The van der Waals surface area contributed by atoms with Crippen molar-refractivity contribution in [2.24, 2.45) is 5.10 Å². The molecule has 1 aromatic carbocycles. The van der Waals surface area contributed by atoms with E-state index in [1.54, 1.807) is 0 Å². The number of nitrogens with one attached hydrogen (secondary N) is 1. The van der Waals surface area contributed by atoms with Gasteiger partial charge in [0.2, 0.25) is 0 Å². The predicted octanol–water partition coefficient (Wildman–Crippen LogP) is 1.54. The average Bonchev–Trinajstić information content (AvgIpc) is 2.23. The van der Waals surface area contributed by atoms with Gasteiger partial charge in [0.15, 0.2) is 0 Å². The van der Waals surface area contributed by atoms with E-state index in [1.807, 2.05) is 0 Å². The fraction of sp³-hybridized carbons (Fsp3) is 0.111. The van der Waals surface area contributed by atoms with E-state index in [9.17, 15) is 13.6 Å². The zero-order chi connectivity index (χ0) is 11.3. The summed E-state index contributed by atoms with van der Waals surface area (Å²) >= 11 is 0. The molecule has 0 fully saturated rings. The molecule has 0 saturated heterocycles. The van der Waals surface area contributed by atoms with Crippen molar-refractivity contribution < 1.29 is 18.3 Å². The number of hydrazone groups is 1. The van der Waals surface area contributed by atoms with E-state index < -0.39 is 17.6 Å². The van der Waals surface area contributed by atoms with Crippen LogP contribution in [0.2, 0.25) is 0 Å². The number of carbonyl (C=O) groups excluding carboxylic acids is 1. The molecule has 0 aliphatic rings. The van der Waals surface area contributed by atoms with Gasteiger partial charge >= 0.3 is 5.97 Å². The molecule has 15 heavy (non-hydrogen) atoms. The molecular formula is C9H8F2N2O2. The molecule has 0 spiro atoms. The van der Waals surface area contributed by atoms with Gasteiger partial charge in [-0.15, -0.1) is 0 Å². The molecule has 1 aromatic rings. The van der Waals surface area contributed by atoms with Crippen molar-refractivity contribution in [3.8, 4) is 0 Å². The number of anilines is 1. The lowest BCUT2D eigenvalue weighted by Crippen LogP contribution is -2.03. The van der Waals surface area contributed by atoms with Crippen LogP contribution in [0.4, 0.5) is 14.5 Å². The van der Waals surface area contributed by atoms with E-state index >= 15 is 0 Å². The van der Waals surface area contributed by atoms with Gasteiger partial charge < -0.3 is 4.74 Å². The molecule has 0 unspecified atom stereocenters. The molecule has 1 rings (SSSR count). The van der Waals surface area contributed by atoms with Crippen molar-refractivity contribution in [2.45, 2.75) is 0 Å². The van der Waals surface area contributed by atoms with Gasteiger partial charge in [0, 0.05) is 6.07 Å². The van der Waals surface area contributed by atoms with Gasteiger partial charge in [0.1, 0.15) is 17.8 Å². The van der Waals surface area contributed by atoms with Crippen LogP contribution in [-0.4, -0.2) is 19.3 Å². The van der Waals surface area contributed by atoms with Crippen LogP contribution in [0.1, 0.15) is 0 Å². The molecule has 0 atom stereocenters. The Kier molecular flexibility index (Phi) is 3.73. The number of hydrogen-bond acceptors (Lipinski definition) is 4. The Balaban J connectivity index is 2.68. The van der Waals surface area contributed by atoms with Crippen molar-refractivity contribution in [3.63, 3.8) is 0 Å². The van der Waals surface area contributed by atoms with Crippen LogP contribution in [0.25, 0.3) is 0 Å². The first-order valence-electron chi connectivity index (χ1n) is 3.95. The summed E-state index contributed by atoms with van der Waals surface area (Å²) in [7, 11) is 1.18. The molecule has 1 N–H and O–H groups in total. The Labute approximate surface area is 84.5 Å². The fourth-order valence-corrected chi connectivity index (χ4v) is 0.790. The monoisotopic (exact) mass is 214 g/mol. The first-order chi connectivity index (χ1) is 7.13. The Bertz CT molecular complexity index is 394. The molecule has 0 aliphatic heterocycles. The second kappa shape index (κ2) is 5.04. The van der Waals surface area contributed by atoms with Crippen LogP contribution in [-0.2, 0) is 9.53 Å². The van der Waals surface area contributed by atoms with Crippen molar-refractivity contribution >= 4 is 17.9 Å². The standard InChI is InChI=1S/C9H8F2N2O2/c1-15-9(14)5-12-13-8-4-6(10)2-3-7(8)11/h2-5,13H,1H3. The molecular weight excluding hydrogens is 206 g/mol. The minimum absolute atomic E-state index is 0.157. The lowest BCUT2D eigenvalue weighted by molar-refractivity contribution is -0.132. The first-order valence-corrected chi connectivity index (χ1v) is 3.95. The van der Waals surface area contributed by atoms with E-state index in [-0.39, 0.29) is 5.69 Å².